The van der Waals surface area contributed by atoms with Crippen LogP contribution in [0.3, 0.4) is 0 Å². The number of furan rings is 5. The molecule has 0 saturated heterocycles. The van der Waals surface area contributed by atoms with E-state index in [1.54, 1.807) is 0 Å². The van der Waals surface area contributed by atoms with Crippen LogP contribution in [0.5, 0.6) is 0 Å². The highest BCUT2D eigenvalue weighted by Gasteiger charge is 2.28. The average Bonchev–Trinajstić information content (AvgIpc) is 1.57. The summed E-state index contributed by atoms with van der Waals surface area (Å²) in [6.07, 6.45) is 0. The molecule has 0 fully saturated rings. The molecule has 658 valence electrons. The first-order valence-electron chi connectivity index (χ1n) is 47.9. The molecule has 31 aromatic rings. The van der Waals surface area contributed by atoms with Crippen LogP contribution in [0.1, 0.15) is 0 Å². The summed E-state index contributed by atoms with van der Waals surface area (Å²) >= 11 is 1.87. The number of aromatic nitrogens is 3. The molecule has 31 rings (SSSR count). The maximum atomic E-state index is 6.89. The van der Waals surface area contributed by atoms with Crippen LogP contribution < -0.4 is 0 Å². The van der Waals surface area contributed by atoms with Crippen molar-refractivity contribution in [2.75, 3.05) is 0 Å². The first-order chi connectivity index (χ1) is 69.9. The molecular weight excluding hydrogens is 1740 g/mol. The summed E-state index contributed by atoms with van der Waals surface area (Å²) in [6.45, 7) is 0. The molecule has 9 aromatic heterocycles. The van der Waals surface area contributed by atoms with Gasteiger partial charge < -0.3 is 35.8 Å². The van der Waals surface area contributed by atoms with E-state index in [1.165, 1.54) is 125 Å². The zero-order valence-corrected chi connectivity index (χ0v) is 76.7. The Labute approximate surface area is 810 Å². The molecule has 8 nitrogen and oxygen atoms in total. The van der Waals surface area contributed by atoms with Gasteiger partial charge in [0.2, 0.25) is 0 Å². The molecule has 0 aliphatic heterocycles. The molecular formula is C132H79N3O5S. The van der Waals surface area contributed by atoms with Crippen LogP contribution in [0.25, 0.3) is 290 Å². The summed E-state index contributed by atoms with van der Waals surface area (Å²) in [5.41, 5.74) is 35.4. The van der Waals surface area contributed by atoms with Gasteiger partial charge in [-0.3, -0.25) is 0 Å². The number of hydrogen-bond donors (Lipinski definition) is 0. The van der Waals surface area contributed by atoms with Gasteiger partial charge in [0.05, 0.1) is 50.2 Å². The third-order valence-corrected chi connectivity index (χ3v) is 30.1. The van der Waals surface area contributed by atoms with Gasteiger partial charge in [0.25, 0.3) is 0 Å². The fraction of sp³-hybridized carbons (Fsp3) is 0. The third kappa shape index (κ3) is 12.7. The fourth-order valence-electron chi connectivity index (χ4n) is 22.6. The van der Waals surface area contributed by atoms with E-state index in [0.717, 1.165) is 166 Å². The molecule has 0 radical (unpaired) electrons. The van der Waals surface area contributed by atoms with Crippen molar-refractivity contribution in [1.82, 2.24) is 13.7 Å². The summed E-state index contributed by atoms with van der Waals surface area (Å²) in [7, 11) is 0. The quantitative estimate of drug-likeness (QED) is 0.136. The van der Waals surface area contributed by atoms with Crippen molar-refractivity contribution >= 4 is 207 Å². The topological polar surface area (TPSA) is 80.5 Å². The predicted molar refractivity (Wildman–Crippen MR) is 590 cm³/mol. The molecule has 0 unspecified atom stereocenters. The summed E-state index contributed by atoms with van der Waals surface area (Å²) in [4.78, 5) is 0. The monoisotopic (exact) mass is 1820 g/mol. The van der Waals surface area contributed by atoms with Gasteiger partial charge in [0.1, 0.15) is 39.1 Å². The molecule has 9 heteroatoms. The zero-order chi connectivity index (χ0) is 92.4. The molecule has 0 spiro atoms. The second kappa shape index (κ2) is 32.1. The van der Waals surface area contributed by atoms with Crippen molar-refractivity contribution in [3.05, 3.63) is 479 Å². The number of benzene rings is 22. The standard InChI is InChI=1S/2C48H29NO2.C36H21NOS/c1-3-12-30(13-4-1)32-24-26-40-38(28-32)39-29-33(31-14-5-2-6-15-31)25-27-41(39)49(40)42-20-9-19-37-47-35(18-11-23-45(47)51-48(37)42)34-17-10-22-44-46(34)36-16-7-8-21-43(36)50-44;1-3-11-30(12-4-1)32-21-24-41-38(27-32)39-28-33(31-13-5-2-6-14-31)22-25-42(39)49(41)43-18-9-17-37-47-35(16-10-20-46(47)51-48(37)43)34-23-26-45-40(29-34)36-15-7-8-19-44(36)50-45;1-4-17-29-22(10-1)23-11-2-5-18-30(23)37(29)31-19-8-16-28-34-25(13-9-20-32(34)38-35(28)31)27-15-7-14-26-24-12-3-6-21-33(24)39-36(26)27/h2*1-29H;1-21H. The summed E-state index contributed by atoms with van der Waals surface area (Å²) < 4.78 is 42.7. The van der Waals surface area contributed by atoms with E-state index in [2.05, 4.69) is 469 Å². The van der Waals surface area contributed by atoms with E-state index in [-0.39, 0.29) is 0 Å². The van der Waals surface area contributed by atoms with Crippen LogP contribution in [0, 0.1) is 0 Å². The Kier molecular flexibility index (Phi) is 18.1. The van der Waals surface area contributed by atoms with Crippen molar-refractivity contribution in [2.45, 2.75) is 0 Å². The Bertz CT molecular complexity index is 10300. The Morgan fingerprint density at radius 1 is 0.149 bits per heavy atom. The van der Waals surface area contributed by atoms with E-state index in [4.69, 9.17) is 22.1 Å². The Morgan fingerprint density at radius 2 is 0.433 bits per heavy atom. The number of para-hydroxylation sites is 7. The van der Waals surface area contributed by atoms with Crippen LogP contribution in [0.2, 0.25) is 0 Å². The van der Waals surface area contributed by atoms with Gasteiger partial charge in [-0.25, -0.2) is 0 Å². The van der Waals surface area contributed by atoms with E-state index < -0.39 is 0 Å². The minimum atomic E-state index is 0.859. The van der Waals surface area contributed by atoms with Gasteiger partial charge in [-0.1, -0.05) is 346 Å². The fourth-order valence-corrected chi connectivity index (χ4v) is 23.8. The van der Waals surface area contributed by atoms with Crippen molar-refractivity contribution in [3.63, 3.8) is 0 Å². The Morgan fingerprint density at radius 3 is 0.887 bits per heavy atom. The van der Waals surface area contributed by atoms with Crippen molar-refractivity contribution in [1.29, 1.82) is 0 Å². The first-order valence-corrected chi connectivity index (χ1v) is 48.7. The number of fused-ring (bicyclic) bond motifs is 27. The molecule has 0 bridgehead atoms. The smallest absolute Gasteiger partial charge is 0.159 e. The molecule has 0 atom stereocenters. The van der Waals surface area contributed by atoms with Crippen LogP contribution in [0.4, 0.5) is 0 Å². The number of thiophene rings is 1. The summed E-state index contributed by atoms with van der Waals surface area (Å²) in [5.74, 6) is 0. The van der Waals surface area contributed by atoms with E-state index >= 15 is 0 Å². The number of rotatable bonds is 10. The summed E-state index contributed by atoms with van der Waals surface area (Å²) in [5, 5.41) is 21.1. The Balaban J connectivity index is 0.000000102. The van der Waals surface area contributed by atoms with E-state index in [1.807, 2.05) is 35.6 Å². The molecule has 141 heavy (non-hydrogen) atoms. The van der Waals surface area contributed by atoms with Crippen LogP contribution in [0.15, 0.2) is 501 Å². The third-order valence-electron chi connectivity index (χ3n) is 28.8. The van der Waals surface area contributed by atoms with Gasteiger partial charge in [0, 0.05) is 112 Å². The molecule has 0 amide bonds. The minimum Gasteiger partial charge on any atom is -0.456 e. The molecule has 9 heterocycles. The molecule has 0 aliphatic rings. The van der Waals surface area contributed by atoms with Gasteiger partial charge in [0.15, 0.2) is 16.7 Å². The van der Waals surface area contributed by atoms with Gasteiger partial charge >= 0.3 is 0 Å². The normalized spacial score (nSPS) is 12.0. The highest BCUT2D eigenvalue weighted by Crippen LogP contribution is 2.51. The molecule has 0 saturated carbocycles. The zero-order valence-electron chi connectivity index (χ0n) is 75.9. The lowest BCUT2D eigenvalue weighted by atomic mass is 9.95. The number of hydrogen-bond acceptors (Lipinski definition) is 6. The van der Waals surface area contributed by atoms with Crippen LogP contribution >= 0.6 is 11.3 Å². The lowest BCUT2D eigenvalue weighted by Crippen LogP contribution is -1.94. The van der Waals surface area contributed by atoms with E-state index in [9.17, 15) is 0 Å². The number of nitrogens with zero attached hydrogens (tertiary/aromatic N) is 3. The second-order valence-electron chi connectivity index (χ2n) is 36.6. The van der Waals surface area contributed by atoms with Crippen molar-refractivity contribution < 1.29 is 22.1 Å². The maximum absolute atomic E-state index is 6.89. The van der Waals surface area contributed by atoms with Gasteiger partial charge in [-0.15, -0.1) is 11.3 Å². The maximum Gasteiger partial charge on any atom is 0.159 e. The largest absolute Gasteiger partial charge is 0.456 e. The van der Waals surface area contributed by atoms with Crippen molar-refractivity contribution in [3.8, 4) is 95.0 Å². The minimum absolute atomic E-state index is 0.859. The van der Waals surface area contributed by atoms with Crippen LogP contribution in [-0.4, -0.2) is 13.7 Å². The molecule has 0 N–H and O–H groups in total. The van der Waals surface area contributed by atoms with Gasteiger partial charge in [-0.2, -0.15) is 0 Å². The van der Waals surface area contributed by atoms with Crippen molar-refractivity contribution in [2.24, 2.45) is 0 Å². The average molecular weight is 1820 g/mol. The predicted octanol–water partition coefficient (Wildman–Crippen LogP) is 37.9. The highest BCUT2D eigenvalue weighted by atomic mass is 32.1. The molecule has 22 aromatic carbocycles. The molecule has 0 aliphatic carbocycles. The van der Waals surface area contributed by atoms with Crippen LogP contribution in [-0.2, 0) is 0 Å². The Hall–Kier alpha value is -18.5. The lowest BCUT2D eigenvalue weighted by Gasteiger charge is -2.10. The lowest BCUT2D eigenvalue weighted by molar-refractivity contribution is 0.666. The van der Waals surface area contributed by atoms with E-state index in [0.29, 0.717) is 0 Å². The SMILES string of the molecule is c1cc(-c2cccc3c2sc2ccccc23)c2c(c1)oc1c(-n3c4ccccc4c4ccccc43)cccc12.c1ccc(-c2ccc3c(c2)c2cc(-c4ccccc4)ccc2n3-c2cccc3c2oc2cccc(-c4ccc5oc6ccccc6c5c4)c23)cc1.c1ccc(-c2ccc3c(c2)c2cc(-c4ccccc4)ccc2n3-c2cccc3c2oc2cccc(-c4cccc5oc6ccccc6c45)c23)cc1. The summed E-state index contributed by atoms with van der Waals surface area (Å²) in [6, 6.07) is 171. The second-order valence-corrected chi connectivity index (χ2v) is 37.7. The highest BCUT2D eigenvalue weighted by molar-refractivity contribution is 7.26. The first kappa shape index (κ1) is 79.8. The van der Waals surface area contributed by atoms with Gasteiger partial charge in [-0.05, 0) is 206 Å².